The SMILES string of the molecule is COc1ccc(NC2(CCl)CC2)nc1. The average Bonchev–Trinajstić information content (AvgIpc) is 3.00. The highest BCUT2D eigenvalue weighted by Gasteiger charge is 2.41. The van der Waals surface area contributed by atoms with Crippen LogP contribution >= 0.6 is 11.6 Å². The van der Waals surface area contributed by atoms with Gasteiger partial charge in [-0.25, -0.2) is 4.98 Å². The van der Waals surface area contributed by atoms with Crippen LogP contribution in [0.25, 0.3) is 0 Å². The summed E-state index contributed by atoms with van der Waals surface area (Å²) in [6.45, 7) is 0. The maximum Gasteiger partial charge on any atom is 0.137 e. The second kappa shape index (κ2) is 3.65. The molecular formula is C10H13ClN2O. The first-order chi connectivity index (χ1) is 6.78. The average molecular weight is 213 g/mol. The van der Waals surface area contributed by atoms with Gasteiger partial charge >= 0.3 is 0 Å². The van der Waals surface area contributed by atoms with Gasteiger partial charge in [-0.05, 0) is 25.0 Å². The molecule has 4 heteroatoms. The molecule has 0 atom stereocenters. The van der Waals surface area contributed by atoms with Crippen molar-refractivity contribution >= 4 is 17.4 Å². The first-order valence-corrected chi connectivity index (χ1v) is 5.16. The van der Waals surface area contributed by atoms with Gasteiger partial charge in [-0.3, -0.25) is 0 Å². The molecule has 0 radical (unpaired) electrons. The molecule has 0 aromatic carbocycles. The van der Waals surface area contributed by atoms with Crippen molar-refractivity contribution in [2.75, 3.05) is 18.3 Å². The first-order valence-electron chi connectivity index (χ1n) is 4.62. The van der Waals surface area contributed by atoms with Crippen LogP contribution in [0.1, 0.15) is 12.8 Å². The number of methoxy groups -OCH3 is 1. The van der Waals surface area contributed by atoms with Crippen LogP contribution in [0.3, 0.4) is 0 Å². The quantitative estimate of drug-likeness (QED) is 0.778. The number of nitrogens with one attached hydrogen (secondary N) is 1. The van der Waals surface area contributed by atoms with E-state index < -0.39 is 0 Å². The highest BCUT2D eigenvalue weighted by atomic mass is 35.5. The fourth-order valence-electron chi connectivity index (χ4n) is 1.29. The monoisotopic (exact) mass is 212 g/mol. The summed E-state index contributed by atoms with van der Waals surface area (Å²) in [5, 5.41) is 3.33. The van der Waals surface area contributed by atoms with Crippen LogP contribution in [0, 0.1) is 0 Å². The lowest BCUT2D eigenvalue weighted by Gasteiger charge is -2.14. The Morgan fingerprint density at radius 2 is 2.36 bits per heavy atom. The van der Waals surface area contributed by atoms with Crippen molar-refractivity contribution in [2.24, 2.45) is 0 Å². The van der Waals surface area contributed by atoms with Gasteiger partial charge in [-0.1, -0.05) is 0 Å². The third-order valence-corrected chi connectivity index (χ3v) is 2.99. The molecule has 0 bridgehead atoms. The molecule has 1 aromatic heterocycles. The van der Waals surface area contributed by atoms with E-state index in [1.807, 2.05) is 12.1 Å². The summed E-state index contributed by atoms with van der Waals surface area (Å²) in [4.78, 5) is 4.23. The molecule has 2 rings (SSSR count). The molecule has 1 saturated carbocycles. The van der Waals surface area contributed by atoms with Crippen LogP contribution in [0.15, 0.2) is 18.3 Å². The molecule has 3 nitrogen and oxygen atoms in total. The molecule has 1 fully saturated rings. The second-order valence-corrected chi connectivity index (χ2v) is 3.89. The molecular weight excluding hydrogens is 200 g/mol. The molecule has 14 heavy (non-hydrogen) atoms. The highest BCUT2D eigenvalue weighted by molar-refractivity contribution is 6.19. The summed E-state index contributed by atoms with van der Waals surface area (Å²) >= 11 is 5.85. The van der Waals surface area contributed by atoms with Crippen molar-refractivity contribution in [3.63, 3.8) is 0 Å². The number of aromatic nitrogens is 1. The van der Waals surface area contributed by atoms with Crippen molar-refractivity contribution in [3.8, 4) is 5.75 Å². The zero-order valence-electron chi connectivity index (χ0n) is 8.09. The third kappa shape index (κ3) is 1.93. The van der Waals surface area contributed by atoms with Crippen LogP contribution in [0.5, 0.6) is 5.75 Å². The Bertz CT molecular complexity index is 308. The van der Waals surface area contributed by atoms with Gasteiger partial charge in [-0.15, -0.1) is 11.6 Å². The van der Waals surface area contributed by atoms with Gasteiger partial charge in [0.15, 0.2) is 0 Å². The number of alkyl halides is 1. The number of rotatable bonds is 4. The fraction of sp³-hybridized carbons (Fsp3) is 0.500. The normalized spacial score (nSPS) is 17.6. The van der Waals surface area contributed by atoms with Gasteiger partial charge in [0.2, 0.25) is 0 Å². The lowest BCUT2D eigenvalue weighted by Crippen LogP contribution is -2.23. The maximum absolute atomic E-state index is 5.85. The molecule has 1 aliphatic carbocycles. The van der Waals surface area contributed by atoms with E-state index in [9.17, 15) is 0 Å². The van der Waals surface area contributed by atoms with Crippen LogP contribution in [-0.4, -0.2) is 23.5 Å². The molecule has 0 unspecified atom stereocenters. The number of ether oxygens (including phenoxy) is 1. The molecule has 0 aliphatic heterocycles. The Labute approximate surface area is 88.4 Å². The summed E-state index contributed by atoms with van der Waals surface area (Å²) < 4.78 is 5.02. The standard InChI is InChI=1S/C10H13ClN2O/c1-14-8-2-3-9(12-6-8)13-10(7-11)4-5-10/h2-3,6H,4-5,7H2,1H3,(H,12,13). The van der Waals surface area contributed by atoms with E-state index in [1.54, 1.807) is 13.3 Å². The number of pyridine rings is 1. The minimum Gasteiger partial charge on any atom is -0.495 e. The van der Waals surface area contributed by atoms with Crippen molar-refractivity contribution in [2.45, 2.75) is 18.4 Å². The van der Waals surface area contributed by atoms with E-state index in [-0.39, 0.29) is 5.54 Å². The van der Waals surface area contributed by atoms with Gasteiger partial charge in [0.05, 0.1) is 18.8 Å². The van der Waals surface area contributed by atoms with Gasteiger partial charge < -0.3 is 10.1 Å². The predicted octanol–water partition coefficient (Wildman–Crippen LogP) is 2.27. The Hall–Kier alpha value is -0.960. The number of hydrogen-bond acceptors (Lipinski definition) is 3. The van der Waals surface area contributed by atoms with Gasteiger partial charge in [0, 0.05) is 5.88 Å². The van der Waals surface area contributed by atoms with Crippen LogP contribution in [0.2, 0.25) is 0 Å². The number of halogens is 1. The summed E-state index contributed by atoms with van der Waals surface area (Å²) in [6, 6.07) is 3.80. The molecule has 0 saturated heterocycles. The van der Waals surface area contributed by atoms with Crippen LogP contribution in [0.4, 0.5) is 5.82 Å². The number of nitrogens with zero attached hydrogens (tertiary/aromatic N) is 1. The van der Waals surface area contributed by atoms with E-state index in [4.69, 9.17) is 16.3 Å². The minimum absolute atomic E-state index is 0.100. The molecule has 1 N–H and O–H groups in total. The van der Waals surface area contributed by atoms with E-state index >= 15 is 0 Å². The van der Waals surface area contributed by atoms with Gasteiger partial charge in [-0.2, -0.15) is 0 Å². The summed E-state index contributed by atoms with van der Waals surface area (Å²) in [5.74, 6) is 2.27. The molecule has 0 amide bonds. The Morgan fingerprint density at radius 1 is 1.57 bits per heavy atom. The zero-order valence-corrected chi connectivity index (χ0v) is 8.84. The Balaban J connectivity index is 2.03. The lowest BCUT2D eigenvalue weighted by atomic mass is 10.3. The van der Waals surface area contributed by atoms with Gasteiger partial charge in [0.25, 0.3) is 0 Å². The van der Waals surface area contributed by atoms with Crippen LogP contribution < -0.4 is 10.1 Å². The van der Waals surface area contributed by atoms with Crippen molar-refractivity contribution in [1.82, 2.24) is 4.98 Å². The van der Waals surface area contributed by atoms with E-state index in [0.29, 0.717) is 5.88 Å². The third-order valence-electron chi connectivity index (χ3n) is 2.47. The topological polar surface area (TPSA) is 34.1 Å². The van der Waals surface area contributed by atoms with Crippen LogP contribution in [-0.2, 0) is 0 Å². The van der Waals surface area contributed by atoms with Crippen molar-refractivity contribution in [3.05, 3.63) is 18.3 Å². The molecule has 76 valence electrons. The lowest BCUT2D eigenvalue weighted by molar-refractivity contribution is 0.413. The van der Waals surface area contributed by atoms with Gasteiger partial charge in [0.1, 0.15) is 11.6 Å². The number of hydrogen-bond donors (Lipinski definition) is 1. The summed E-state index contributed by atoms with van der Waals surface area (Å²) in [6.07, 6.45) is 3.96. The smallest absolute Gasteiger partial charge is 0.137 e. The van der Waals surface area contributed by atoms with E-state index in [1.165, 1.54) is 0 Å². The fourth-order valence-corrected chi connectivity index (χ4v) is 1.62. The summed E-state index contributed by atoms with van der Waals surface area (Å²) in [5.41, 5.74) is 0.100. The zero-order chi connectivity index (χ0) is 10.0. The minimum atomic E-state index is 0.100. The van der Waals surface area contributed by atoms with E-state index in [0.717, 1.165) is 24.4 Å². The first kappa shape index (κ1) is 9.59. The second-order valence-electron chi connectivity index (χ2n) is 3.62. The number of anilines is 1. The maximum atomic E-state index is 5.85. The molecule has 1 aromatic rings. The molecule has 1 heterocycles. The largest absolute Gasteiger partial charge is 0.495 e. The van der Waals surface area contributed by atoms with Crippen molar-refractivity contribution < 1.29 is 4.74 Å². The molecule has 0 spiro atoms. The van der Waals surface area contributed by atoms with E-state index in [2.05, 4.69) is 10.3 Å². The Kier molecular flexibility index (Phi) is 2.50. The predicted molar refractivity (Wildman–Crippen MR) is 57.1 cm³/mol. The molecule has 1 aliphatic rings. The Morgan fingerprint density at radius 3 is 2.79 bits per heavy atom. The highest BCUT2D eigenvalue weighted by Crippen LogP contribution is 2.39. The summed E-state index contributed by atoms with van der Waals surface area (Å²) in [7, 11) is 1.63. The van der Waals surface area contributed by atoms with Crippen molar-refractivity contribution in [1.29, 1.82) is 0 Å².